The van der Waals surface area contributed by atoms with Crippen LogP contribution in [-0.4, -0.2) is 12.5 Å². The molecule has 0 bridgehead atoms. The van der Waals surface area contributed by atoms with Gasteiger partial charge >= 0.3 is 0 Å². The van der Waals surface area contributed by atoms with Gasteiger partial charge in [-0.25, -0.2) is 0 Å². The monoisotopic (exact) mass is 367 g/mol. The molecule has 0 spiro atoms. The Kier molecular flexibility index (Phi) is 6.46. The standard InChI is InChI=1S/C17H22BrNO3/c1-14(15-6-3-2-4-7-15)19-16(20)17(8-5-9-17)10-12-21-22-13-11-18/h2-4,6-7,11,13-14H,5,8-10,12H2,1H3,(H,19,20)/t14-/m1/s1. The molecule has 1 aromatic carbocycles. The van der Waals surface area contributed by atoms with Crippen molar-refractivity contribution < 1.29 is 14.6 Å². The minimum Gasteiger partial charge on any atom is -0.349 e. The molecule has 1 atom stereocenters. The van der Waals surface area contributed by atoms with E-state index in [4.69, 9.17) is 9.78 Å². The molecule has 0 aromatic heterocycles. The smallest absolute Gasteiger partial charge is 0.226 e. The Balaban J connectivity index is 1.86. The number of carbonyl (C=O) groups excluding carboxylic acids is 1. The molecule has 1 N–H and O–H groups in total. The van der Waals surface area contributed by atoms with Crippen LogP contribution in [-0.2, 0) is 14.6 Å². The lowest BCUT2D eigenvalue weighted by molar-refractivity contribution is -0.253. The zero-order chi connectivity index (χ0) is 15.8. The van der Waals surface area contributed by atoms with Crippen LogP contribution in [0, 0.1) is 5.41 Å². The molecular weight excluding hydrogens is 346 g/mol. The summed E-state index contributed by atoms with van der Waals surface area (Å²) in [5, 5.41) is 3.13. The van der Waals surface area contributed by atoms with Gasteiger partial charge < -0.3 is 10.2 Å². The Labute approximate surface area is 139 Å². The van der Waals surface area contributed by atoms with Gasteiger partial charge in [0, 0.05) is 4.99 Å². The zero-order valence-corrected chi connectivity index (χ0v) is 14.3. The Hall–Kier alpha value is -1.33. The van der Waals surface area contributed by atoms with Crippen LogP contribution in [0.3, 0.4) is 0 Å². The molecule has 1 aliphatic carbocycles. The molecule has 0 heterocycles. The van der Waals surface area contributed by atoms with E-state index in [1.807, 2.05) is 37.3 Å². The van der Waals surface area contributed by atoms with E-state index >= 15 is 0 Å². The molecule has 2 rings (SSSR count). The Morgan fingerprint density at radius 2 is 2.14 bits per heavy atom. The number of hydrogen-bond acceptors (Lipinski definition) is 3. The molecule has 0 unspecified atom stereocenters. The third-order valence-corrected chi connectivity index (χ3v) is 4.49. The van der Waals surface area contributed by atoms with Crippen molar-refractivity contribution in [2.45, 2.75) is 38.6 Å². The van der Waals surface area contributed by atoms with Gasteiger partial charge in [-0.2, -0.15) is 4.89 Å². The molecule has 1 saturated carbocycles. The van der Waals surface area contributed by atoms with Gasteiger partial charge in [-0.15, -0.1) is 0 Å². The lowest BCUT2D eigenvalue weighted by atomic mass is 9.66. The first-order valence-electron chi connectivity index (χ1n) is 7.57. The summed E-state index contributed by atoms with van der Waals surface area (Å²) < 4.78 is 0. The van der Waals surface area contributed by atoms with Crippen molar-refractivity contribution >= 4 is 21.8 Å². The molecule has 22 heavy (non-hydrogen) atoms. The van der Waals surface area contributed by atoms with Crippen LogP contribution in [0.25, 0.3) is 0 Å². The van der Waals surface area contributed by atoms with Crippen molar-refractivity contribution in [2.24, 2.45) is 5.41 Å². The number of amides is 1. The van der Waals surface area contributed by atoms with Gasteiger partial charge in [0.2, 0.25) is 5.91 Å². The van der Waals surface area contributed by atoms with Gasteiger partial charge in [0.15, 0.2) is 0 Å². The number of benzene rings is 1. The predicted octanol–water partition coefficient (Wildman–Crippen LogP) is 4.24. The summed E-state index contributed by atoms with van der Waals surface area (Å²) in [5.41, 5.74) is 0.817. The number of halogens is 1. The predicted molar refractivity (Wildman–Crippen MR) is 89.0 cm³/mol. The molecular formula is C17H22BrNO3. The number of carbonyl (C=O) groups is 1. The second-order valence-electron chi connectivity index (χ2n) is 5.67. The van der Waals surface area contributed by atoms with Crippen LogP contribution in [0.15, 0.2) is 41.6 Å². The van der Waals surface area contributed by atoms with E-state index in [1.54, 1.807) is 4.99 Å². The first-order valence-corrected chi connectivity index (χ1v) is 8.49. The van der Waals surface area contributed by atoms with E-state index in [2.05, 4.69) is 21.2 Å². The lowest BCUT2D eigenvalue weighted by Crippen LogP contribution is -2.47. The van der Waals surface area contributed by atoms with Gasteiger partial charge in [-0.05, 0) is 31.7 Å². The zero-order valence-electron chi connectivity index (χ0n) is 12.8. The Morgan fingerprint density at radius 1 is 1.41 bits per heavy atom. The number of nitrogens with one attached hydrogen (secondary N) is 1. The van der Waals surface area contributed by atoms with E-state index in [0.29, 0.717) is 13.0 Å². The molecule has 1 amide bonds. The number of hydrogen-bond donors (Lipinski definition) is 1. The van der Waals surface area contributed by atoms with E-state index in [1.165, 1.54) is 6.26 Å². The molecule has 0 radical (unpaired) electrons. The molecule has 0 saturated heterocycles. The second-order valence-corrected chi connectivity index (χ2v) is 6.20. The molecule has 0 aliphatic heterocycles. The van der Waals surface area contributed by atoms with Crippen molar-refractivity contribution in [3.8, 4) is 0 Å². The lowest BCUT2D eigenvalue weighted by Gasteiger charge is -2.40. The fraction of sp³-hybridized carbons (Fsp3) is 0.471. The van der Waals surface area contributed by atoms with Crippen LogP contribution in [0.2, 0.25) is 0 Å². The van der Waals surface area contributed by atoms with E-state index in [-0.39, 0.29) is 17.4 Å². The quantitative estimate of drug-likeness (QED) is 0.323. The Morgan fingerprint density at radius 3 is 2.73 bits per heavy atom. The summed E-state index contributed by atoms with van der Waals surface area (Å²) in [4.78, 5) is 24.1. The first kappa shape index (κ1) is 17.0. The highest BCUT2D eigenvalue weighted by atomic mass is 79.9. The van der Waals surface area contributed by atoms with E-state index < -0.39 is 0 Å². The minimum atomic E-state index is -0.301. The summed E-state index contributed by atoms with van der Waals surface area (Å²) in [5.74, 6) is 0.120. The van der Waals surface area contributed by atoms with Crippen LogP contribution in [0.4, 0.5) is 0 Å². The average Bonchev–Trinajstić information content (AvgIpc) is 2.50. The molecule has 1 aromatic rings. The van der Waals surface area contributed by atoms with Crippen LogP contribution in [0.1, 0.15) is 44.2 Å². The van der Waals surface area contributed by atoms with Crippen molar-refractivity contribution in [1.82, 2.24) is 5.32 Å². The van der Waals surface area contributed by atoms with Crippen molar-refractivity contribution in [1.29, 1.82) is 0 Å². The fourth-order valence-electron chi connectivity index (χ4n) is 2.71. The van der Waals surface area contributed by atoms with Crippen molar-refractivity contribution in [3.63, 3.8) is 0 Å². The largest absolute Gasteiger partial charge is 0.349 e. The molecule has 1 fully saturated rings. The SMILES string of the molecule is C[C@@H](NC(=O)C1(CCOOC=CBr)CCC1)c1ccccc1. The average molecular weight is 368 g/mol. The van der Waals surface area contributed by atoms with Gasteiger partial charge in [0.1, 0.15) is 6.26 Å². The fourth-order valence-corrected chi connectivity index (χ4v) is 2.80. The maximum atomic E-state index is 12.6. The summed E-state index contributed by atoms with van der Waals surface area (Å²) in [6.07, 6.45) is 5.01. The number of rotatable bonds is 8. The van der Waals surface area contributed by atoms with Crippen LogP contribution < -0.4 is 5.32 Å². The van der Waals surface area contributed by atoms with E-state index in [0.717, 1.165) is 24.8 Å². The summed E-state index contributed by atoms with van der Waals surface area (Å²) >= 11 is 3.09. The molecule has 4 nitrogen and oxygen atoms in total. The van der Waals surface area contributed by atoms with Gasteiger partial charge in [0.25, 0.3) is 0 Å². The first-order chi connectivity index (χ1) is 10.7. The maximum absolute atomic E-state index is 12.6. The van der Waals surface area contributed by atoms with Crippen molar-refractivity contribution in [3.05, 3.63) is 47.1 Å². The molecule has 1 aliphatic rings. The highest BCUT2D eigenvalue weighted by Crippen LogP contribution is 2.44. The molecule has 5 heteroatoms. The van der Waals surface area contributed by atoms with Crippen LogP contribution >= 0.6 is 15.9 Å². The summed E-state index contributed by atoms with van der Waals surface area (Å²) in [7, 11) is 0. The Bertz CT molecular complexity index is 500. The summed E-state index contributed by atoms with van der Waals surface area (Å²) in [6.45, 7) is 2.42. The molecule has 120 valence electrons. The second kappa shape index (κ2) is 8.34. The summed E-state index contributed by atoms with van der Waals surface area (Å²) in [6, 6.07) is 10.0. The third kappa shape index (κ3) is 4.34. The highest BCUT2D eigenvalue weighted by Gasteiger charge is 2.44. The van der Waals surface area contributed by atoms with Crippen molar-refractivity contribution in [2.75, 3.05) is 6.61 Å². The third-order valence-electron chi connectivity index (χ3n) is 4.28. The normalized spacial score (nSPS) is 17.7. The van der Waals surface area contributed by atoms with Gasteiger partial charge in [-0.1, -0.05) is 52.7 Å². The highest BCUT2D eigenvalue weighted by molar-refractivity contribution is 9.11. The topological polar surface area (TPSA) is 47.6 Å². The maximum Gasteiger partial charge on any atom is 0.226 e. The van der Waals surface area contributed by atoms with Crippen LogP contribution in [0.5, 0.6) is 0 Å². The minimum absolute atomic E-state index is 0.0136. The van der Waals surface area contributed by atoms with Gasteiger partial charge in [-0.3, -0.25) is 4.79 Å². The van der Waals surface area contributed by atoms with Gasteiger partial charge in [0.05, 0.1) is 18.1 Å². The van der Waals surface area contributed by atoms with E-state index in [9.17, 15) is 4.79 Å².